The number of hydrogen-bond acceptors (Lipinski definition) is 6. The normalized spacial score (nSPS) is 15.2. The molecule has 1 aromatic heterocycles. The molecule has 0 unspecified atom stereocenters. The topological polar surface area (TPSA) is 95.2 Å². The molecule has 2 aromatic carbocycles. The summed E-state index contributed by atoms with van der Waals surface area (Å²) < 4.78 is 50.3. The maximum atomic E-state index is 13.1. The number of hydrogen-bond donors (Lipinski definition) is 2. The Balaban J connectivity index is 1.38. The number of ether oxygens (including phenoxy) is 1. The molecular weight excluding hydrogens is 503 g/mol. The van der Waals surface area contributed by atoms with Crippen LogP contribution in [0, 0.1) is 5.92 Å². The quantitative estimate of drug-likeness (QED) is 0.234. The maximum absolute atomic E-state index is 13.1. The average Bonchev–Trinajstić information content (AvgIpc) is 3.34. The van der Waals surface area contributed by atoms with Gasteiger partial charge in [-0.25, -0.2) is 5.48 Å². The van der Waals surface area contributed by atoms with Crippen LogP contribution in [0.5, 0.6) is 5.75 Å². The van der Waals surface area contributed by atoms with Crippen LogP contribution >= 0.6 is 0 Å². The Hall–Kier alpha value is -3.83. The molecule has 0 spiro atoms. The minimum atomic E-state index is -4.16. The van der Waals surface area contributed by atoms with Gasteiger partial charge in [-0.05, 0) is 56.3 Å². The van der Waals surface area contributed by atoms with Gasteiger partial charge in [-0.2, -0.15) is 13.2 Å². The van der Waals surface area contributed by atoms with E-state index in [0.29, 0.717) is 36.9 Å². The largest absolute Gasteiger partial charge is 0.492 e. The van der Waals surface area contributed by atoms with Crippen LogP contribution in [0.3, 0.4) is 0 Å². The lowest BCUT2D eigenvalue weighted by molar-refractivity contribution is -0.184. The van der Waals surface area contributed by atoms with Crippen molar-refractivity contribution < 1.29 is 37.1 Å². The SMILES string of the molecule is O=C(NO)c1ccc(OCCN(C(=O)/C=C/CN2CCC(C(F)(F)F)CC2)c2cc3ccccc3o2)cc1. The molecule has 0 bridgehead atoms. The molecule has 2 heterocycles. The van der Waals surface area contributed by atoms with Crippen molar-refractivity contribution in [3.63, 3.8) is 0 Å². The van der Waals surface area contributed by atoms with E-state index in [1.807, 2.05) is 23.1 Å². The van der Waals surface area contributed by atoms with Crippen LogP contribution in [0.1, 0.15) is 23.2 Å². The molecule has 0 atom stereocenters. The second-order valence-corrected chi connectivity index (χ2v) is 8.94. The summed E-state index contributed by atoms with van der Waals surface area (Å²) in [5, 5.41) is 9.55. The molecular formula is C27H28F3N3O5. The van der Waals surface area contributed by atoms with Crippen LogP contribution in [0.4, 0.5) is 19.1 Å². The fourth-order valence-electron chi connectivity index (χ4n) is 4.29. The second kappa shape index (κ2) is 12.1. The molecule has 1 aliphatic rings. The van der Waals surface area contributed by atoms with Gasteiger partial charge in [0.05, 0.1) is 12.5 Å². The lowest BCUT2D eigenvalue weighted by Crippen LogP contribution is -2.39. The van der Waals surface area contributed by atoms with Gasteiger partial charge in [-0.1, -0.05) is 24.3 Å². The summed E-state index contributed by atoms with van der Waals surface area (Å²) in [6.45, 7) is 1.28. The van der Waals surface area contributed by atoms with Crippen LogP contribution in [0.25, 0.3) is 11.0 Å². The zero-order valence-corrected chi connectivity index (χ0v) is 20.5. The van der Waals surface area contributed by atoms with Gasteiger partial charge in [-0.3, -0.25) is 24.6 Å². The fourth-order valence-corrected chi connectivity index (χ4v) is 4.29. The van der Waals surface area contributed by atoms with Gasteiger partial charge in [0.1, 0.15) is 17.9 Å². The smallest absolute Gasteiger partial charge is 0.391 e. The molecule has 2 N–H and O–H groups in total. The number of carbonyl (C=O) groups is 2. The van der Waals surface area contributed by atoms with Crippen molar-refractivity contribution in [2.75, 3.05) is 37.7 Å². The number of amides is 2. The number of nitrogens with one attached hydrogen (secondary N) is 1. The Morgan fingerprint density at radius 1 is 1.13 bits per heavy atom. The summed E-state index contributed by atoms with van der Waals surface area (Å²) in [5.74, 6) is -1.46. The van der Waals surface area contributed by atoms with Gasteiger partial charge in [0, 0.05) is 29.6 Å². The van der Waals surface area contributed by atoms with Gasteiger partial charge < -0.3 is 9.15 Å². The van der Waals surface area contributed by atoms with Crippen LogP contribution in [0.2, 0.25) is 0 Å². The highest BCUT2D eigenvalue weighted by atomic mass is 19.4. The number of fused-ring (bicyclic) bond motifs is 1. The highest BCUT2D eigenvalue weighted by Crippen LogP contribution is 2.34. The summed E-state index contributed by atoms with van der Waals surface area (Å²) in [7, 11) is 0. The minimum absolute atomic E-state index is 0.0549. The van der Waals surface area contributed by atoms with Gasteiger partial charge in [0.25, 0.3) is 11.8 Å². The van der Waals surface area contributed by atoms with E-state index in [0.717, 1.165) is 5.39 Å². The number of hydroxylamine groups is 1. The van der Waals surface area contributed by atoms with Crippen molar-refractivity contribution in [3.05, 3.63) is 72.3 Å². The third-order valence-electron chi connectivity index (χ3n) is 6.42. The number of furan rings is 1. The lowest BCUT2D eigenvalue weighted by Gasteiger charge is -2.32. The maximum Gasteiger partial charge on any atom is 0.391 e. The summed E-state index contributed by atoms with van der Waals surface area (Å²) in [4.78, 5) is 27.9. The summed E-state index contributed by atoms with van der Waals surface area (Å²) >= 11 is 0. The Bertz CT molecular complexity index is 1230. The molecule has 1 aliphatic heterocycles. The number of halogens is 3. The number of likely N-dealkylation sites (tertiary alicyclic amines) is 1. The van der Waals surface area contributed by atoms with E-state index in [1.54, 1.807) is 35.8 Å². The van der Waals surface area contributed by atoms with E-state index < -0.39 is 18.0 Å². The van der Waals surface area contributed by atoms with E-state index in [9.17, 15) is 22.8 Å². The number of rotatable bonds is 9. The third-order valence-corrected chi connectivity index (χ3v) is 6.42. The Morgan fingerprint density at radius 2 is 1.84 bits per heavy atom. The van der Waals surface area contributed by atoms with Crippen molar-refractivity contribution in [2.24, 2.45) is 5.92 Å². The fraction of sp³-hybridized carbons (Fsp3) is 0.333. The molecule has 38 heavy (non-hydrogen) atoms. The zero-order valence-electron chi connectivity index (χ0n) is 20.5. The first-order chi connectivity index (χ1) is 18.2. The minimum Gasteiger partial charge on any atom is -0.492 e. The number of nitrogens with zero attached hydrogens (tertiary/aromatic N) is 2. The predicted octanol–water partition coefficient (Wildman–Crippen LogP) is 4.79. The van der Waals surface area contributed by atoms with Crippen molar-refractivity contribution in [1.82, 2.24) is 10.4 Å². The van der Waals surface area contributed by atoms with Crippen LogP contribution < -0.4 is 15.1 Å². The predicted molar refractivity (Wildman–Crippen MR) is 134 cm³/mol. The Morgan fingerprint density at radius 3 is 2.50 bits per heavy atom. The van der Waals surface area contributed by atoms with Crippen molar-refractivity contribution in [1.29, 1.82) is 0 Å². The van der Waals surface area contributed by atoms with Gasteiger partial charge in [0.2, 0.25) is 5.88 Å². The van der Waals surface area contributed by atoms with Crippen molar-refractivity contribution in [3.8, 4) is 5.75 Å². The molecule has 8 nitrogen and oxygen atoms in total. The number of alkyl halides is 3. The number of piperidine rings is 1. The second-order valence-electron chi connectivity index (χ2n) is 8.94. The molecule has 11 heteroatoms. The summed E-state index contributed by atoms with van der Waals surface area (Å²) in [5.41, 5.74) is 2.43. The number of para-hydroxylation sites is 1. The molecule has 1 saturated heterocycles. The molecule has 0 radical (unpaired) electrons. The van der Waals surface area contributed by atoms with E-state index in [2.05, 4.69) is 0 Å². The molecule has 2 amide bonds. The first kappa shape index (κ1) is 27.2. The van der Waals surface area contributed by atoms with E-state index in [-0.39, 0.29) is 37.5 Å². The Kier molecular flexibility index (Phi) is 8.70. The van der Waals surface area contributed by atoms with Crippen LogP contribution in [-0.2, 0) is 4.79 Å². The van der Waals surface area contributed by atoms with E-state index >= 15 is 0 Å². The van der Waals surface area contributed by atoms with Crippen molar-refractivity contribution in [2.45, 2.75) is 19.0 Å². The molecule has 202 valence electrons. The third kappa shape index (κ3) is 6.93. The summed E-state index contributed by atoms with van der Waals surface area (Å²) in [6.07, 6.45) is -1.01. The highest BCUT2D eigenvalue weighted by Gasteiger charge is 2.40. The number of anilines is 1. The lowest BCUT2D eigenvalue weighted by atomic mass is 9.96. The monoisotopic (exact) mass is 531 g/mol. The number of carbonyl (C=O) groups excluding carboxylic acids is 2. The molecule has 0 aliphatic carbocycles. The Labute approximate surface area is 217 Å². The molecule has 1 fully saturated rings. The molecule has 3 aromatic rings. The van der Waals surface area contributed by atoms with Crippen molar-refractivity contribution >= 4 is 28.7 Å². The first-order valence-corrected chi connectivity index (χ1v) is 12.2. The zero-order chi connectivity index (χ0) is 27.1. The molecule has 4 rings (SSSR count). The van der Waals surface area contributed by atoms with Gasteiger partial charge >= 0.3 is 6.18 Å². The van der Waals surface area contributed by atoms with Gasteiger partial charge in [-0.15, -0.1) is 0 Å². The van der Waals surface area contributed by atoms with E-state index in [1.165, 1.54) is 23.1 Å². The summed E-state index contributed by atoms with van der Waals surface area (Å²) in [6, 6.07) is 15.2. The van der Waals surface area contributed by atoms with Crippen LogP contribution in [0.15, 0.2) is 71.2 Å². The number of benzene rings is 2. The highest BCUT2D eigenvalue weighted by molar-refractivity contribution is 6.01. The molecule has 0 saturated carbocycles. The van der Waals surface area contributed by atoms with Crippen LogP contribution in [-0.4, -0.2) is 60.9 Å². The first-order valence-electron chi connectivity index (χ1n) is 12.2. The van der Waals surface area contributed by atoms with E-state index in [4.69, 9.17) is 14.4 Å². The van der Waals surface area contributed by atoms with Gasteiger partial charge in [0.15, 0.2) is 0 Å². The standard InChI is InChI=1S/C27H28F3N3O5/c28-27(29,30)21-11-14-32(15-12-21)13-3-6-24(34)33(25-18-20-4-1-2-5-23(20)38-25)16-17-37-22-9-7-19(8-10-22)26(35)31-36/h1-10,18,21,36H,11-17H2,(H,31,35)/b6-3+. The average molecular weight is 532 g/mol.